The van der Waals surface area contributed by atoms with Crippen molar-refractivity contribution in [2.24, 2.45) is 0 Å². The molecule has 0 spiro atoms. The predicted molar refractivity (Wildman–Crippen MR) is 138 cm³/mol. The number of aromatic nitrogens is 5. The van der Waals surface area contributed by atoms with Crippen LogP contribution in [0.4, 0.5) is 11.5 Å². The average Bonchev–Trinajstić information content (AvgIpc) is 3.37. The van der Waals surface area contributed by atoms with Gasteiger partial charge in [0.15, 0.2) is 11.5 Å². The number of hydrogen-bond donors (Lipinski definition) is 3. The highest BCUT2D eigenvalue weighted by Gasteiger charge is 2.23. The van der Waals surface area contributed by atoms with Crippen LogP contribution in [0, 0.1) is 0 Å². The molecule has 11 nitrogen and oxygen atoms in total. The molecule has 4 N–H and O–H groups in total. The third-order valence-corrected chi connectivity index (χ3v) is 6.27. The lowest BCUT2D eigenvalue weighted by Gasteiger charge is -2.23. The lowest BCUT2D eigenvalue weighted by molar-refractivity contribution is -0.116. The topological polar surface area (TPSA) is 152 Å². The average molecular weight is 508 g/mol. The molecule has 0 aliphatic rings. The highest BCUT2D eigenvalue weighted by Crippen LogP contribution is 2.23. The van der Waals surface area contributed by atoms with Crippen LogP contribution in [-0.4, -0.2) is 50.0 Å². The molecule has 2 aromatic carbocycles. The molecule has 0 unspecified atom stereocenters. The second-order valence-corrected chi connectivity index (χ2v) is 8.63. The monoisotopic (exact) mass is 507 g/mol. The molecule has 0 fully saturated rings. The lowest BCUT2D eigenvalue weighted by atomic mass is 10.2. The molecular formula is C24H25N7O4S. The first-order valence-electron chi connectivity index (χ1n) is 11.1. The van der Waals surface area contributed by atoms with Crippen molar-refractivity contribution in [3.63, 3.8) is 0 Å². The third kappa shape index (κ3) is 5.33. The van der Waals surface area contributed by atoms with E-state index in [0.717, 1.165) is 28.6 Å². The summed E-state index contributed by atoms with van der Waals surface area (Å²) in [6.07, 6.45) is 0. The number of nitrogens with zero attached hydrogens (tertiary/aromatic N) is 4. The molecule has 4 rings (SSSR count). The fraction of sp³-hybridized carbons (Fsp3) is 0.208. The molecule has 4 aromatic rings. The molecule has 1 amide bonds. The second-order valence-electron chi connectivity index (χ2n) is 7.69. The second kappa shape index (κ2) is 11.0. The highest BCUT2D eigenvalue weighted by atomic mass is 32.2. The van der Waals surface area contributed by atoms with E-state index >= 15 is 0 Å². The van der Waals surface area contributed by atoms with Gasteiger partial charge < -0.3 is 15.4 Å². The van der Waals surface area contributed by atoms with E-state index in [2.05, 4.69) is 20.2 Å². The first-order valence-corrected chi connectivity index (χ1v) is 12.1. The molecular weight excluding hydrogens is 482 g/mol. The van der Waals surface area contributed by atoms with Crippen molar-refractivity contribution in [1.82, 2.24) is 24.7 Å². The summed E-state index contributed by atoms with van der Waals surface area (Å²) in [5.74, 6) is 0.786. The van der Waals surface area contributed by atoms with E-state index < -0.39 is 11.2 Å². The Hall–Kier alpha value is -4.32. The van der Waals surface area contributed by atoms with Gasteiger partial charge in [-0.25, -0.2) is 9.78 Å². The lowest BCUT2D eigenvalue weighted by Crippen LogP contribution is -2.41. The van der Waals surface area contributed by atoms with Crippen molar-refractivity contribution in [1.29, 1.82) is 0 Å². The maximum Gasteiger partial charge on any atom is 0.330 e. The number of amides is 1. The van der Waals surface area contributed by atoms with Crippen LogP contribution in [0.3, 0.4) is 0 Å². The fourth-order valence-electron chi connectivity index (χ4n) is 3.61. The Morgan fingerprint density at radius 1 is 1.14 bits per heavy atom. The third-order valence-electron chi connectivity index (χ3n) is 5.44. The first kappa shape index (κ1) is 24.8. The molecule has 0 radical (unpaired) electrons. The minimum Gasteiger partial charge on any atom is -0.497 e. The normalized spacial score (nSPS) is 10.8. The number of H-pyrrole nitrogens is 2. The maximum atomic E-state index is 13.1. The Labute approximate surface area is 210 Å². The summed E-state index contributed by atoms with van der Waals surface area (Å²) in [5, 5.41) is 7.39. The minimum atomic E-state index is -0.721. The predicted octanol–water partition coefficient (Wildman–Crippen LogP) is 2.11. The standard InChI is InChI=1S/C24H25N7O4S/c1-3-30(19-20(25)31(24(34)27-22(19)33)13-15-7-5-4-6-8-15)18(32)14-36-23-26-21(28-29-23)16-9-11-17(35-2)12-10-16/h4-12H,3,13-14,25H2,1-2H3,(H,26,28,29)(H,27,33,34). The first-order chi connectivity index (χ1) is 17.4. The smallest absolute Gasteiger partial charge is 0.330 e. The molecule has 2 heterocycles. The SMILES string of the molecule is CCN(C(=O)CSc1n[nH]c(-c2ccc(OC)cc2)n1)c1c(N)n(Cc2ccccc2)c(=O)[nH]c1=O. The van der Waals surface area contributed by atoms with Crippen LogP contribution < -0.4 is 26.6 Å². The Balaban J connectivity index is 1.51. The Bertz CT molecular complexity index is 1460. The van der Waals surface area contributed by atoms with E-state index in [1.807, 2.05) is 54.6 Å². The number of thioether (sulfide) groups is 1. The van der Waals surface area contributed by atoms with Crippen LogP contribution in [0.25, 0.3) is 11.4 Å². The summed E-state index contributed by atoms with van der Waals surface area (Å²) in [6, 6.07) is 16.5. The Morgan fingerprint density at radius 3 is 2.53 bits per heavy atom. The number of hydrogen-bond acceptors (Lipinski definition) is 8. The molecule has 186 valence electrons. The summed E-state index contributed by atoms with van der Waals surface area (Å²) in [4.78, 5) is 46.2. The van der Waals surface area contributed by atoms with Gasteiger partial charge in [-0.2, -0.15) is 0 Å². The van der Waals surface area contributed by atoms with E-state index in [9.17, 15) is 14.4 Å². The van der Waals surface area contributed by atoms with Crippen LogP contribution in [0.5, 0.6) is 5.75 Å². The summed E-state index contributed by atoms with van der Waals surface area (Å²) in [7, 11) is 1.59. The van der Waals surface area contributed by atoms with Crippen molar-refractivity contribution in [3.8, 4) is 17.1 Å². The Morgan fingerprint density at radius 2 is 1.86 bits per heavy atom. The van der Waals surface area contributed by atoms with Gasteiger partial charge in [-0.3, -0.25) is 24.2 Å². The van der Waals surface area contributed by atoms with Crippen LogP contribution in [0.15, 0.2) is 69.3 Å². The van der Waals surface area contributed by atoms with Crippen molar-refractivity contribution in [2.75, 3.05) is 30.0 Å². The molecule has 12 heteroatoms. The van der Waals surface area contributed by atoms with Gasteiger partial charge in [0.05, 0.1) is 19.4 Å². The molecule has 0 saturated heterocycles. The maximum absolute atomic E-state index is 13.1. The zero-order valence-corrected chi connectivity index (χ0v) is 20.5. The Kier molecular flexibility index (Phi) is 7.54. The van der Waals surface area contributed by atoms with Crippen LogP contribution in [0.1, 0.15) is 12.5 Å². The van der Waals surface area contributed by atoms with Gasteiger partial charge >= 0.3 is 5.69 Å². The van der Waals surface area contributed by atoms with Gasteiger partial charge in [-0.1, -0.05) is 42.1 Å². The number of nitrogens with one attached hydrogen (secondary N) is 2. The van der Waals surface area contributed by atoms with Crippen molar-refractivity contribution in [2.45, 2.75) is 18.6 Å². The zero-order chi connectivity index (χ0) is 25.7. The van der Waals surface area contributed by atoms with E-state index in [0.29, 0.717) is 11.0 Å². The quantitative estimate of drug-likeness (QED) is 0.291. The van der Waals surface area contributed by atoms with Crippen LogP contribution in [0.2, 0.25) is 0 Å². The van der Waals surface area contributed by atoms with Crippen molar-refractivity contribution < 1.29 is 9.53 Å². The van der Waals surface area contributed by atoms with Gasteiger partial charge in [0.25, 0.3) is 5.56 Å². The number of carbonyl (C=O) groups is 1. The minimum absolute atomic E-state index is 0.0373. The number of ether oxygens (including phenoxy) is 1. The molecule has 0 saturated carbocycles. The number of benzene rings is 2. The van der Waals surface area contributed by atoms with Gasteiger partial charge in [-0.15, -0.1) is 5.10 Å². The van der Waals surface area contributed by atoms with Crippen molar-refractivity contribution >= 4 is 29.2 Å². The van der Waals surface area contributed by atoms with Crippen LogP contribution in [-0.2, 0) is 11.3 Å². The largest absolute Gasteiger partial charge is 0.497 e. The number of nitrogen functional groups attached to an aromatic ring is 1. The summed E-state index contributed by atoms with van der Waals surface area (Å²) < 4.78 is 6.40. The highest BCUT2D eigenvalue weighted by molar-refractivity contribution is 7.99. The van der Waals surface area contributed by atoms with Gasteiger partial charge in [-0.05, 0) is 36.8 Å². The number of carbonyl (C=O) groups excluding carboxylic acids is 1. The fourth-order valence-corrected chi connectivity index (χ4v) is 4.29. The number of methoxy groups -OCH3 is 1. The van der Waals surface area contributed by atoms with E-state index in [4.69, 9.17) is 10.5 Å². The molecule has 0 aliphatic heterocycles. The van der Waals surface area contributed by atoms with E-state index in [1.54, 1.807) is 14.0 Å². The van der Waals surface area contributed by atoms with Gasteiger partial charge in [0, 0.05) is 12.1 Å². The number of rotatable bonds is 9. The van der Waals surface area contributed by atoms with Gasteiger partial charge in [0.1, 0.15) is 11.6 Å². The zero-order valence-electron chi connectivity index (χ0n) is 19.7. The number of nitrogens with two attached hydrogens (primary N) is 1. The molecule has 0 bridgehead atoms. The number of aromatic amines is 2. The molecule has 2 aromatic heterocycles. The molecule has 36 heavy (non-hydrogen) atoms. The summed E-state index contributed by atoms with van der Waals surface area (Å²) in [5.41, 5.74) is 6.46. The summed E-state index contributed by atoms with van der Waals surface area (Å²) in [6.45, 7) is 2.06. The van der Waals surface area contributed by atoms with Crippen LogP contribution >= 0.6 is 11.8 Å². The summed E-state index contributed by atoms with van der Waals surface area (Å²) >= 11 is 1.12. The molecule has 0 aliphatic carbocycles. The van der Waals surface area contributed by atoms with E-state index in [-0.39, 0.29) is 36.3 Å². The number of anilines is 2. The van der Waals surface area contributed by atoms with E-state index in [1.165, 1.54) is 9.47 Å². The molecule has 0 atom stereocenters. The van der Waals surface area contributed by atoms with Crippen molar-refractivity contribution in [3.05, 3.63) is 81.0 Å². The van der Waals surface area contributed by atoms with Gasteiger partial charge in [0.2, 0.25) is 11.1 Å².